The van der Waals surface area contributed by atoms with Gasteiger partial charge in [0, 0.05) is 5.69 Å². The zero-order valence-corrected chi connectivity index (χ0v) is 13.7. The first-order chi connectivity index (χ1) is 11.2. The summed E-state index contributed by atoms with van der Waals surface area (Å²) in [5.74, 6) is 0.710. The van der Waals surface area contributed by atoms with E-state index in [-0.39, 0.29) is 11.3 Å². The second-order valence-corrected chi connectivity index (χ2v) is 6.94. The Hall–Kier alpha value is -2.26. The van der Waals surface area contributed by atoms with Gasteiger partial charge in [-0.3, -0.25) is 9.69 Å². The molecule has 4 rings (SSSR count). The quantitative estimate of drug-likeness (QED) is 0.668. The zero-order valence-electron chi connectivity index (χ0n) is 12.9. The highest BCUT2D eigenvalue weighted by molar-refractivity contribution is 8.00. The molecule has 1 aliphatic rings. The lowest BCUT2D eigenvalue weighted by Crippen LogP contribution is -2.27. The molecule has 0 aromatic heterocycles. The molecule has 3 heteroatoms. The minimum atomic E-state index is 0.0595. The summed E-state index contributed by atoms with van der Waals surface area (Å²) in [5, 5.41) is 2.42. The molecule has 1 amide bonds. The first-order valence-corrected chi connectivity index (χ1v) is 8.76. The number of hydrogen-bond donors (Lipinski definition) is 0. The maximum atomic E-state index is 12.5. The van der Waals surface area contributed by atoms with Crippen LogP contribution in [0.25, 0.3) is 10.8 Å². The topological polar surface area (TPSA) is 20.3 Å². The Kier molecular flexibility index (Phi) is 3.58. The summed E-state index contributed by atoms with van der Waals surface area (Å²) < 4.78 is 0. The number of benzene rings is 3. The highest BCUT2D eigenvalue weighted by Crippen LogP contribution is 2.42. The van der Waals surface area contributed by atoms with Crippen molar-refractivity contribution in [3.8, 4) is 0 Å². The van der Waals surface area contributed by atoms with Gasteiger partial charge in [0.2, 0.25) is 5.91 Å². The van der Waals surface area contributed by atoms with Crippen molar-refractivity contribution in [1.29, 1.82) is 0 Å². The van der Waals surface area contributed by atoms with Gasteiger partial charge in [-0.2, -0.15) is 0 Å². The predicted octanol–water partition coefficient (Wildman–Crippen LogP) is 4.93. The second-order valence-electron chi connectivity index (χ2n) is 5.87. The Morgan fingerprint density at radius 2 is 1.70 bits per heavy atom. The van der Waals surface area contributed by atoms with Crippen LogP contribution in [0.3, 0.4) is 0 Å². The Balaban J connectivity index is 1.76. The number of fused-ring (bicyclic) bond motifs is 1. The molecule has 0 saturated carbocycles. The van der Waals surface area contributed by atoms with E-state index in [1.807, 2.05) is 23.1 Å². The lowest BCUT2D eigenvalue weighted by atomic mass is 10.1. The van der Waals surface area contributed by atoms with E-state index in [4.69, 9.17) is 0 Å². The molecule has 0 bridgehead atoms. The Morgan fingerprint density at radius 3 is 2.48 bits per heavy atom. The number of aryl methyl sites for hydroxylation is 1. The Labute approximate surface area is 140 Å². The van der Waals surface area contributed by atoms with Crippen LogP contribution in [0, 0.1) is 6.92 Å². The van der Waals surface area contributed by atoms with Crippen LogP contribution in [0.5, 0.6) is 0 Å². The molecule has 0 radical (unpaired) electrons. The molecule has 114 valence electrons. The van der Waals surface area contributed by atoms with E-state index in [1.54, 1.807) is 11.8 Å². The summed E-state index contributed by atoms with van der Waals surface area (Å²) in [5.41, 5.74) is 3.39. The first-order valence-electron chi connectivity index (χ1n) is 7.71. The molecule has 1 unspecified atom stereocenters. The molecule has 23 heavy (non-hydrogen) atoms. The molecule has 3 aromatic carbocycles. The predicted molar refractivity (Wildman–Crippen MR) is 97.8 cm³/mol. The largest absolute Gasteiger partial charge is 0.295 e. The Bertz CT molecular complexity index is 872. The fourth-order valence-corrected chi connectivity index (χ4v) is 4.18. The van der Waals surface area contributed by atoms with Crippen molar-refractivity contribution >= 4 is 34.1 Å². The van der Waals surface area contributed by atoms with E-state index in [9.17, 15) is 4.79 Å². The van der Waals surface area contributed by atoms with Gasteiger partial charge in [0.1, 0.15) is 5.37 Å². The van der Waals surface area contributed by atoms with Gasteiger partial charge in [-0.25, -0.2) is 0 Å². The molecule has 1 atom stereocenters. The van der Waals surface area contributed by atoms with E-state index in [0.717, 1.165) is 11.1 Å². The fourth-order valence-electron chi connectivity index (χ4n) is 3.01. The van der Waals surface area contributed by atoms with E-state index >= 15 is 0 Å². The molecule has 1 aliphatic heterocycles. The van der Waals surface area contributed by atoms with Gasteiger partial charge in [-0.05, 0) is 35.4 Å². The van der Waals surface area contributed by atoms with Crippen molar-refractivity contribution in [1.82, 2.24) is 0 Å². The normalized spacial score (nSPS) is 17.9. The summed E-state index contributed by atoms with van der Waals surface area (Å²) in [4.78, 5) is 14.4. The molecule has 1 fully saturated rings. The van der Waals surface area contributed by atoms with Crippen LogP contribution in [0.4, 0.5) is 5.69 Å². The van der Waals surface area contributed by atoms with Crippen LogP contribution < -0.4 is 4.90 Å². The smallest absolute Gasteiger partial charge is 0.238 e. The van der Waals surface area contributed by atoms with Gasteiger partial charge in [0.05, 0.1) is 5.75 Å². The number of anilines is 1. The summed E-state index contributed by atoms with van der Waals surface area (Å²) in [7, 11) is 0. The van der Waals surface area contributed by atoms with E-state index in [1.165, 1.54) is 16.5 Å². The third-order valence-corrected chi connectivity index (χ3v) is 5.45. The second kappa shape index (κ2) is 5.74. The zero-order chi connectivity index (χ0) is 15.8. The molecule has 2 nitrogen and oxygen atoms in total. The standard InChI is InChI=1S/C20H17NOS/c1-14-6-8-16(9-7-14)20-21(19(22)13-23-20)18-11-10-15-4-2-3-5-17(15)12-18/h2-12,20H,13H2,1H3. The third-order valence-electron chi connectivity index (χ3n) is 4.24. The molecule has 1 saturated heterocycles. The average molecular weight is 319 g/mol. The molecule has 0 aliphatic carbocycles. The monoisotopic (exact) mass is 319 g/mol. The van der Waals surface area contributed by atoms with Crippen molar-refractivity contribution in [3.63, 3.8) is 0 Å². The minimum absolute atomic E-state index is 0.0595. The lowest BCUT2D eigenvalue weighted by Gasteiger charge is -2.24. The average Bonchev–Trinajstić information content (AvgIpc) is 2.97. The summed E-state index contributed by atoms with van der Waals surface area (Å²) in [6.45, 7) is 2.08. The van der Waals surface area contributed by atoms with Gasteiger partial charge in [0.15, 0.2) is 0 Å². The van der Waals surface area contributed by atoms with Crippen molar-refractivity contribution < 1.29 is 4.79 Å². The summed E-state index contributed by atoms with van der Waals surface area (Å²) in [6, 6.07) is 23.0. The van der Waals surface area contributed by atoms with Crippen molar-refractivity contribution in [2.45, 2.75) is 12.3 Å². The van der Waals surface area contributed by atoms with Gasteiger partial charge in [-0.15, -0.1) is 11.8 Å². The first kappa shape index (κ1) is 14.3. The van der Waals surface area contributed by atoms with E-state index < -0.39 is 0 Å². The van der Waals surface area contributed by atoms with Crippen LogP contribution in [0.1, 0.15) is 16.5 Å². The third kappa shape index (κ3) is 2.62. The number of amides is 1. The summed E-state index contributed by atoms with van der Waals surface area (Å²) >= 11 is 1.69. The van der Waals surface area contributed by atoms with Crippen LogP contribution in [-0.2, 0) is 4.79 Å². The number of hydrogen-bond acceptors (Lipinski definition) is 2. The van der Waals surface area contributed by atoms with Gasteiger partial charge in [0.25, 0.3) is 0 Å². The maximum Gasteiger partial charge on any atom is 0.238 e. The van der Waals surface area contributed by atoms with Gasteiger partial charge >= 0.3 is 0 Å². The van der Waals surface area contributed by atoms with E-state index in [0.29, 0.717) is 5.75 Å². The molecular weight excluding hydrogens is 302 g/mol. The van der Waals surface area contributed by atoms with Crippen LogP contribution in [-0.4, -0.2) is 11.7 Å². The van der Waals surface area contributed by atoms with Crippen LogP contribution in [0.2, 0.25) is 0 Å². The Morgan fingerprint density at radius 1 is 0.957 bits per heavy atom. The number of carbonyl (C=O) groups excluding carboxylic acids is 1. The molecule has 1 heterocycles. The number of carbonyl (C=O) groups is 1. The lowest BCUT2D eigenvalue weighted by molar-refractivity contribution is -0.115. The van der Waals surface area contributed by atoms with Crippen LogP contribution >= 0.6 is 11.8 Å². The molecule has 3 aromatic rings. The van der Waals surface area contributed by atoms with Crippen molar-refractivity contribution in [3.05, 3.63) is 77.9 Å². The molecular formula is C20H17NOS. The highest BCUT2D eigenvalue weighted by Gasteiger charge is 2.33. The SMILES string of the molecule is Cc1ccc(C2SCC(=O)N2c2ccc3ccccc3c2)cc1. The van der Waals surface area contributed by atoms with Gasteiger partial charge in [-0.1, -0.05) is 60.2 Å². The molecule has 0 spiro atoms. The van der Waals surface area contributed by atoms with Crippen molar-refractivity contribution in [2.24, 2.45) is 0 Å². The van der Waals surface area contributed by atoms with E-state index in [2.05, 4.69) is 55.5 Å². The number of nitrogens with zero attached hydrogens (tertiary/aromatic N) is 1. The summed E-state index contributed by atoms with van der Waals surface area (Å²) in [6.07, 6.45) is 0. The van der Waals surface area contributed by atoms with Crippen molar-refractivity contribution in [2.75, 3.05) is 10.7 Å². The minimum Gasteiger partial charge on any atom is -0.295 e. The number of thioether (sulfide) groups is 1. The highest BCUT2D eigenvalue weighted by atomic mass is 32.2. The fraction of sp³-hybridized carbons (Fsp3) is 0.150. The van der Waals surface area contributed by atoms with Gasteiger partial charge < -0.3 is 0 Å². The van der Waals surface area contributed by atoms with Crippen LogP contribution in [0.15, 0.2) is 66.7 Å². The number of rotatable bonds is 2. The molecule has 0 N–H and O–H groups in total. The maximum absolute atomic E-state index is 12.5.